The van der Waals surface area contributed by atoms with Crippen LogP contribution in [0.3, 0.4) is 0 Å². The summed E-state index contributed by atoms with van der Waals surface area (Å²) < 4.78 is 16.1. The first-order valence-corrected chi connectivity index (χ1v) is 7.15. The van der Waals surface area contributed by atoms with Crippen molar-refractivity contribution >= 4 is 28.7 Å². The Balaban J connectivity index is 2.34. The number of benzene rings is 1. The maximum atomic E-state index is 12.0. The minimum atomic E-state index is -1.20. The van der Waals surface area contributed by atoms with Crippen molar-refractivity contribution in [3.05, 3.63) is 34.3 Å². The van der Waals surface area contributed by atoms with E-state index in [2.05, 4.69) is 4.40 Å². The molecule has 0 amide bonds. The summed E-state index contributed by atoms with van der Waals surface area (Å²) >= 11 is 4.93. The Kier molecular flexibility index (Phi) is 3.53. The van der Waals surface area contributed by atoms with E-state index in [9.17, 15) is 4.55 Å². The van der Waals surface area contributed by atoms with E-state index in [0.29, 0.717) is 0 Å². The van der Waals surface area contributed by atoms with Crippen molar-refractivity contribution in [2.45, 2.75) is 38.4 Å². The van der Waals surface area contributed by atoms with E-state index in [0.717, 1.165) is 34.7 Å². The third-order valence-electron chi connectivity index (χ3n) is 2.76. The van der Waals surface area contributed by atoms with Crippen molar-refractivity contribution in [2.75, 3.05) is 0 Å². The smallest absolute Gasteiger partial charge is 0.144 e. The Morgan fingerprint density at radius 2 is 2.00 bits per heavy atom. The number of hydrogen-bond donors (Lipinski definition) is 0. The summed E-state index contributed by atoms with van der Waals surface area (Å²) in [5.41, 5.74) is 3.13. The lowest BCUT2D eigenvalue weighted by Gasteiger charge is -2.18. The van der Waals surface area contributed by atoms with E-state index in [1.807, 2.05) is 39.0 Å². The van der Waals surface area contributed by atoms with Gasteiger partial charge >= 0.3 is 0 Å². The molecule has 0 N–H and O–H groups in total. The Morgan fingerprint density at radius 1 is 1.29 bits per heavy atom. The summed E-state index contributed by atoms with van der Waals surface area (Å²) in [7, 11) is 0. The van der Waals surface area contributed by atoms with Crippen molar-refractivity contribution in [1.29, 1.82) is 0 Å². The summed E-state index contributed by atoms with van der Waals surface area (Å²) in [6.45, 7) is 5.79. The number of hydrogen-bond acceptors (Lipinski definition) is 2. The Hall–Kier alpha value is -0.510. The molecule has 1 aromatic carbocycles. The molecule has 1 aliphatic carbocycles. The van der Waals surface area contributed by atoms with Gasteiger partial charge in [-0.3, -0.25) is 0 Å². The van der Waals surface area contributed by atoms with Gasteiger partial charge in [0.1, 0.15) is 16.1 Å². The maximum absolute atomic E-state index is 12.0. The van der Waals surface area contributed by atoms with E-state index in [1.165, 1.54) is 0 Å². The average molecular weight is 270 g/mol. The van der Waals surface area contributed by atoms with Crippen LogP contribution in [0.2, 0.25) is 5.02 Å². The van der Waals surface area contributed by atoms with E-state index < -0.39 is 11.4 Å². The minimum Gasteiger partial charge on any atom is -0.591 e. The Labute approximate surface area is 110 Å². The van der Waals surface area contributed by atoms with E-state index in [1.54, 1.807) is 0 Å². The highest BCUT2D eigenvalue weighted by atomic mass is 35.5. The van der Waals surface area contributed by atoms with Crippen LogP contribution >= 0.6 is 11.6 Å². The molecule has 1 atom stereocenters. The summed E-state index contributed by atoms with van der Waals surface area (Å²) in [5.74, 6) is 0. The molecule has 92 valence electrons. The molecule has 0 fully saturated rings. The molecular weight excluding hydrogens is 254 g/mol. The van der Waals surface area contributed by atoms with Gasteiger partial charge in [0.15, 0.2) is 0 Å². The zero-order valence-corrected chi connectivity index (χ0v) is 11.9. The molecule has 0 aromatic heterocycles. The minimum absolute atomic E-state index is 0.311. The quantitative estimate of drug-likeness (QED) is 0.718. The largest absolute Gasteiger partial charge is 0.591 e. The van der Waals surface area contributed by atoms with E-state index in [-0.39, 0.29) is 4.75 Å². The molecule has 1 aliphatic rings. The normalized spacial score (nSPS) is 19.5. The third-order valence-corrected chi connectivity index (χ3v) is 4.55. The van der Waals surface area contributed by atoms with Crippen molar-refractivity contribution in [3.63, 3.8) is 0 Å². The highest BCUT2D eigenvalue weighted by molar-refractivity contribution is 7.91. The van der Waals surface area contributed by atoms with Crippen LogP contribution in [0.5, 0.6) is 0 Å². The second-order valence-corrected chi connectivity index (χ2v) is 7.48. The third kappa shape index (κ3) is 2.67. The highest BCUT2D eigenvalue weighted by Crippen LogP contribution is 2.30. The summed E-state index contributed by atoms with van der Waals surface area (Å²) in [6.07, 6.45) is 1.73. The summed E-state index contributed by atoms with van der Waals surface area (Å²) in [6, 6.07) is 5.82. The van der Waals surface area contributed by atoms with Crippen LogP contribution in [0, 0.1) is 0 Å². The first-order chi connectivity index (χ1) is 7.89. The molecule has 0 heterocycles. The number of rotatable bonds is 1. The molecule has 2 nitrogen and oxygen atoms in total. The van der Waals surface area contributed by atoms with Crippen molar-refractivity contribution in [3.8, 4) is 0 Å². The predicted octanol–water partition coefficient (Wildman–Crippen LogP) is 3.54. The molecule has 0 radical (unpaired) electrons. The molecule has 17 heavy (non-hydrogen) atoms. The second kappa shape index (κ2) is 4.63. The predicted molar refractivity (Wildman–Crippen MR) is 74.2 cm³/mol. The SMILES string of the molecule is CC(C)(C)[S@@+]([O-])/N=C1\CCc2c(Cl)cccc21. The monoisotopic (exact) mass is 269 g/mol. The van der Waals surface area contributed by atoms with Crippen LogP contribution in [0.15, 0.2) is 22.6 Å². The van der Waals surface area contributed by atoms with Crippen LogP contribution in [0.25, 0.3) is 0 Å². The lowest BCUT2D eigenvalue weighted by Crippen LogP contribution is -2.26. The van der Waals surface area contributed by atoms with Gasteiger partial charge in [-0.05, 0) is 45.2 Å². The van der Waals surface area contributed by atoms with Crippen molar-refractivity contribution in [2.24, 2.45) is 4.40 Å². The first-order valence-electron chi connectivity index (χ1n) is 5.67. The van der Waals surface area contributed by atoms with E-state index in [4.69, 9.17) is 11.6 Å². The number of halogens is 1. The van der Waals surface area contributed by atoms with Gasteiger partial charge in [-0.25, -0.2) is 0 Å². The fourth-order valence-corrected chi connectivity index (χ4v) is 2.73. The van der Waals surface area contributed by atoms with E-state index >= 15 is 0 Å². The zero-order chi connectivity index (χ0) is 12.6. The molecule has 2 rings (SSSR count). The molecule has 0 spiro atoms. The molecule has 4 heteroatoms. The molecule has 0 bridgehead atoms. The van der Waals surface area contributed by atoms with Gasteiger partial charge in [0.25, 0.3) is 0 Å². The van der Waals surface area contributed by atoms with Gasteiger partial charge in [0.05, 0.1) is 5.71 Å². The number of nitrogens with zero attached hydrogens (tertiary/aromatic N) is 1. The first kappa shape index (κ1) is 12.9. The van der Waals surface area contributed by atoms with Gasteiger partial charge in [0, 0.05) is 10.6 Å². The lowest BCUT2D eigenvalue weighted by atomic mass is 10.1. The van der Waals surface area contributed by atoms with Crippen LogP contribution in [-0.4, -0.2) is 15.0 Å². The summed E-state index contributed by atoms with van der Waals surface area (Å²) in [4.78, 5) is 0. The number of fused-ring (bicyclic) bond motifs is 1. The summed E-state index contributed by atoms with van der Waals surface area (Å²) in [5, 5.41) is 0.786. The molecule has 0 unspecified atom stereocenters. The van der Waals surface area contributed by atoms with Crippen molar-refractivity contribution in [1.82, 2.24) is 0 Å². The van der Waals surface area contributed by atoms with Gasteiger partial charge in [-0.15, -0.1) is 0 Å². The van der Waals surface area contributed by atoms with Gasteiger partial charge < -0.3 is 4.55 Å². The molecule has 0 aliphatic heterocycles. The van der Waals surface area contributed by atoms with Crippen LogP contribution < -0.4 is 0 Å². The molecular formula is C13H16ClNOS. The topological polar surface area (TPSA) is 35.4 Å². The van der Waals surface area contributed by atoms with Crippen LogP contribution in [-0.2, 0) is 17.8 Å². The Bertz CT molecular complexity index is 465. The fraction of sp³-hybridized carbons (Fsp3) is 0.462. The second-order valence-electron chi connectivity index (χ2n) is 5.17. The van der Waals surface area contributed by atoms with Crippen molar-refractivity contribution < 1.29 is 4.55 Å². The maximum Gasteiger partial charge on any atom is 0.144 e. The fourth-order valence-electron chi connectivity index (χ4n) is 1.79. The zero-order valence-electron chi connectivity index (χ0n) is 10.3. The van der Waals surface area contributed by atoms with Gasteiger partial charge in [0.2, 0.25) is 0 Å². The molecule has 0 saturated heterocycles. The highest BCUT2D eigenvalue weighted by Gasteiger charge is 2.29. The Morgan fingerprint density at radius 3 is 2.65 bits per heavy atom. The van der Waals surface area contributed by atoms with Gasteiger partial charge in [-0.1, -0.05) is 28.1 Å². The van der Waals surface area contributed by atoms with Gasteiger partial charge in [-0.2, -0.15) is 0 Å². The lowest BCUT2D eigenvalue weighted by molar-refractivity contribution is 0.561. The van der Waals surface area contributed by atoms with Crippen LogP contribution in [0.4, 0.5) is 0 Å². The standard InChI is InChI=1S/C13H16ClNOS/c1-13(2,3)17(16)15-12-8-7-9-10(12)5-4-6-11(9)14/h4-6H,7-8H2,1-3H3/b15-12+/t17-/m1/s1. The molecule has 1 aromatic rings. The van der Waals surface area contributed by atoms with Crippen LogP contribution in [0.1, 0.15) is 38.3 Å². The molecule has 0 saturated carbocycles. The average Bonchev–Trinajstić information content (AvgIpc) is 2.62.